The Labute approximate surface area is 215 Å². The zero-order chi connectivity index (χ0) is 26.5. The Kier molecular flexibility index (Phi) is 5.91. The smallest absolute Gasteiger partial charge is 0.272 e. The molecule has 10 heteroatoms. The van der Waals surface area contributed by atoms with Gasteiger partial charge in [-0.2, -0.15) is 11.0 Å². The third-order valence-corrected chi connectivity index (χ3v) is 7.19. The first kappa shape index (κ1) is 24.4. The van der Waals surface area contributed by atoms with Crippen LogP contribution in [0, 0.1) is 6.92 Å². The summed E-state index contributed by atoms with van der Waals surface area (Å²) in [6, 6.07) is 9.36. The Morgan fingerprint density at radius 2 is 1.95 bits per heavy atom. The van der Waals surface area contributed by atoms with Crippen LogP contribution >= 0.6 is 0 Å². The van der Waals surface area contributed by atoms with Crippen molar-refractivity contribution in [2.45, 2.75) is 26.1 Å². The van der Waals surface area contributed by atoms with Gasteiger partial charge in [-0.1, -0.05) is 18.7 Å². The summed E-state index contributed by atoms with van der Waals surface area (Å²) in [5.41, 5.74) is 3.77. The maximum Gasteiger partial charge on any atom is 0.272 e. The fourth-order valence-corrected chi connectivity index (χ4v) is 5.46. The number of amides is 2. The lowest BCUT2D eigenvalue weighted by Crippen LogP contribution is -2.60. The predicted molar refractivity (Wildman–Crippen MR) is 137 cm³/mol. The van der Waals surface area contributed by atoms with Crippen molar-refractivity contribution in [2.24, 2.45) is 12.9 Å². The summed E-state index contributed by atoms with van der Waals surface area (Å²) in [4.78, 5) is 36.1. The van der Waals surface area contributed by atoms with E-state index in [1.807, 2.05) is 61.3 Å². The second-order valence-corrected chi connectivity index (χ2v) is 9.45. The van der Waals surface area contributed by atoms with Crippen LogP contribution in [-0.4, -0.2) is 56.2 Å². The lowest BCUT2D eigenvalue weighted by Gasteiger charge is -2.47. The molecular formula is C27H30N6O4. The fourth-order valence-electron chi connectivity index (χ4n) is 5.46. The van der Waals surface area contributed by atoms with E-state index in [1.54, 1.807) is 28.5 Å². The molecule has 192 valence electrons. The molecule has 0 bridgehead atoms. The molecule has 1 fully saturated rings. The standard InChI is InChI=1S/C27H30N6O4/c1-17(2)23(15-37-28)25(34)32-10-11-33-26(35)24-12-19(22-14-30(4)29-18(22)3)13-31(24)16-27(32,33)20-6-8-21(36-5)9-7-20/h6-9,12-15H,1,10-11,16,28H2,2-5H3/b23-15+. The first-order valence-corrected chi connectivity index (χ1v) is 11.9. The highest BCUT2D eigenvalue weighted by Crippen LogP contribution is 2.45. The highest BCUT2D eigenvalue weighted by molar-refractivity contribution is 6.00. The minimum atomic E-state index is -1.07. The van der Waals surface area contributed by atoms with E-state index >= 15 is 0 Å². The molecule has 2 amide bonds. The van der Waals surface area contributed by atoms with E-state index < -0.39 is 5.66 Å². The maximum atomic E-state index is 14.0. The molecular weight excluding hydrogens is 472 g/mol. The van der Waals surface area contributed by atoms with Crippen molar-refractivity contribution in [2.75, 3.05) is 20.2 Å². The summed E-state index contributed by atoms with van der Waals surface area (Å²) in [6.45, 7) is 8.64. The molecule has 5 rings (SSSR count). The Morgan fingerprint density at radius 3 is 2.54 bits per heavy atom. The number of hydrogen-bond acceptors (Lipinski definition) is 6. The van der Waals surface area contributed by atoms with Crippen LogP contribution in [0.3, 0.4) is 0 Å². The molecule has 3 aromatic rings. The molecule has 2 aliphatic rings. The van der Waals surface area contributed by atoms with Gasteiger partial charge < -0.3 is 23.9 Å². The number of nitrogens with two attached hydrogens (primary N) is 1. The van der Waals surface area contributed by atoms with Crippen LogP contribution < -0.4 is 10.6 Å². The van der Waals surface area contributed by atoms with E-state index in [0.717, 1.165) is 22.4 Å². The second-order valence-electron chi connectivity index (χ2n) is 9.45. The van der Waals surface area contributed by atoms with E-state index in [1.165, 1.54) is 6.26 Å². The van der Waals surface area contributed by atoms with Gasteiger partial charge in [0.1, 0.15) is 17.7 Å². The summed E-state index contributed by atoms with van der Waals surface area (Å²) < 4.78 is 9.05. The highest BCUT2D eigenvalue weighted by Gasteiger charge is 2.56. The quantitative estimate of drug-likeness (QED) is 0.240. The SMILES string of the molecule is C=C(C)/C(=C\ON)C(=O)N1CCN2C(=O)c3cc(-c4cn(C)nc4C)cn3CC12c1ccc(OC)cc1. The van der Waals surface area contributed by atoms with Crippen LogP contribution in [0.4, 0.5) is 0 Å². The highest BCUT2D eigenvalue weighted by atomic mass is 16.6. The number of nitrogens with zero attached hydrogens (tertiary/aromatic N) is 5. The van der Waals surface area contributed by atoms with Crippen LogP contribution in [-0.2, 0) is 28.9 Å². The average molecular weight is 503 g/mol. The maximum absolute atomic E-state index is 14.0. The fraction of sp³-hybridized carbons (Fsp3) is 0.296. The molecule has 0 aliphatic carbocycles. The number of benzene rings is 1. The van der Waals surface area contributed by atoms with Crippen molar-refractivity contribution in [1.82, 2.24) is 24.1 Å². The lowest BCUT2D eigenvalue weighted by molar-refractivity contribution is -0.136. The molecule has 2 N–H and O–H groups in total. The Hall–Kier alpha value is -4.31. The number of carbonyl (C=O) groups excluding carboxylic acids is 2. The number of ether oxygens (including phenoxy) is 1. The van der Waals surface area contributed by atoms with Gasteiger partial charge in [0.2, 0.25) is 0 Å². The zero-order valence-electron chi connectivity index (χ0n) is 21.4. The van der Waals surface area contributed by atoms with Crippen molar-refractivity contribution in [3.63, 3.8) is 0 Å². The predicted octanol–water partition coefficient (Wildman–Crippen LogP) is 2.71. The van der Waals surface area contributed by atoms with E-state index in [4.69, 9.17) is 15.5 Å². The van der Waals surface area contributed by atoms with Crippen molar-refractivity contribution < 1.29 is 19.2 Å². The average Bonchev–Trinajstić information content (AvgIpc) is 3.57. The van der Waals surface area contributed by atoms with Crippen molar-refractivity contribution in [3.8, 4) is 16.9 Å². The largest absolute Gasteiger partial charge is 0.497 e. The lowest BCUT2D eigenvalue weighted by atomic mass is 9.93. The molecule has 1 unspecified atom stereocenters. The van der Waals surface area contributed by atoms with E-state index in [2.05, 4.69) is 11.7 Å². The molecule has 1 aromatic carbocycles. The molecule has 2 aromatic heterocycles. The molecule has 4 heterocycles. The van der Waals surface area contributed by atoms with Crippen LogP contribution in [0.5, 0.6) is 5.75 Å². The van der Waals surface area contributed by atoms with Gasteiger partial charge >= 0.3 is 0 Å². The molecule has 0 spiro atoms. The number of rotatable bonds is 6. The Balaban J connectivity index is 1.67. The van der Waals surface area contributed by atoms with Crippen LogP contribution in [0.25, 0.3) is 11.1 Å². The normalized spacial score (nSPS) is 19.1. The topological polar surface area (TPSA) is 108 Å². The summed E-state index contributed by atoms with van der Waals surface area (Å²) >= 11 is 0. The van der Waals surface area contributed by atoms with Crippen molar-refractivity contribution in [1.29, 1.82) is 0 Å². The first-order valence-electron chi connectivity index (χ1n) is 11.9. The van der Waals surface area contributed by atoms with E-state index in [9.17, 15) is 9.59 Å². The summed E-state index contributed by atoms with van der Waals surface area (Å²) in [5, 5.41) is 4.45. The molecule has 10 nitrogen and oxygen atoms in total. The number of aryl methyl sites for hydroxylation is 2. The third kappa shape index (κ3) is 3.72. The molecule has 1 atom stereocenters. The summed E-state index contributed by atoms with van der Waals surface area (Å²) in [6.07, 6.45) is 5.09. The van der Waals surface area contributed by atoms with E-state index in [0.29, 0.717) is 36.7 Å². The van der Waals surface area contributed by atoms with Gasteiger partial charge in [-0.05, 0) is 37.6 Å². The minimum absolute atomic E-state index is 0.152. The number of methoxy groups -OCH3 is 1. The third-order valence-electron chi connectivity index (χ3n) is 7.19. The zero-order valence-corrected chi connectivity index (χ0v) is 21.4. The molecule has 2 aliphatic heterocycles. The Bertz CT molecular complexity index is 1430. The van der Waals surface area contributed by atoms with Gasteiger partial charge in [0, 0.05) is 49.2 Å². The number of aromatic nitrogens is 3. The van der Waals surface area contributed by atoms with Gasteiger partial charge in [-0.3, -0.25) is 14.3 Å². The minimum Gasteiger partial charge on any atom is -0.497 e. The van der Waals surface area contributed by atoms with Crippen LogP contribution in [0.2, 0.25) is 0 Å². The number of fused-ring (bicyclic) bond motifs is 2. The monoisotopic (exact) mass is 502 g/mol. The van der Waals surface area contributed by atoms with Gasteiger partial charge in [0.25, 0.3) is 11.8 Å². The van der Waals surface area contributed by atoms with Crippen LogP contribution in [0.15, 0.2) is 66.7 Å². The molecule has 37 heavy (non-hydrogen) atoms. The van der Waals surface area contributed by atoms with Gasteiger partial charge in [-0.15, -0.1) is 0 Å². The van der Waals surface area contributed by atoms with Gasteiger partial charge in [0.15, 0.2) is 5.66 Å². The van der Waals surface area contributed by atoms with Gasteiger partial charge in [-0.25, -0.2) is 0 Å². The van der Waals surface area contributed by atoms with Crippen molar-refractivity contribution in [3.05, 3.63) is 83.7 Å². The molecule has 1 saturated heterocycles. The second kappa shape index (κ2) is 8.97. The molecule has 0 saturated carbocycles. The van der Waals surface area contributed by atoms with E-state index in [-0.39, 0.29) is 17.4 Å². The first-order chi connectivity index (χ1) is 17.7. The van der Waals surface area contributed by atoms with Gasteiger partial charge in [0.05, 0.1) is 24.9 Å². The summed E-state index contributed by atoms with van der Waals surface area (Å²) in [5.74, 6) is 5.50. The molecule has 0 radical (unpaired) electrons. The number of carbonyl (C=O) groups is 2. The Morgan fingerprint density at radius 1 is 1.22 bits per heavy atom. The number of hydrogen-bond donors (Lipinski definition) is 1. The van der Waals surface area contributed by atoms with Crippen molar-refractivity contribution >= 4 is 11.8 Å². The summed E-state index contributed by atoms with van der Waals surface area (Å²) in [7, 11) is 3.47. The van der Waals surface area contributed by atoms with Crippen LogP contribution in [0.1, 0.15) is 28.7 Å².